The lowest BCUT2D eigenvalue weighted by molar-refractivity contribution is 0.246. The van der Waals surface area contributed by atoms with E-state index in [1.807, 2.05) is 31.2 Å². The van der Waals surface area contributed by atoms with E-state index in [1.54, 1.807) is 25.4 Å². The molecular weight excluding hydrogens is 455 g/mol. The maximum Gasteiger partial charge on any atom is 0.222 e. The van der Waals surface area contributed by atoms with Gasteiger partial charge in [0.2, 0.25) is 11.8 Å². The fraction of sp³-hybridized carbons (Fsp3) is 0.214. The number of para-hydroxylation sites is 1. The van der Waals surface area contributed by atoms with E-state index in [2.05, 4.69) is 27.0 Å². The molecule has 1 aliphatic heterocycles. The lowest BCUT2D eigenvalue weighted by Gasteiger charge is -2.19. The number of pyridine rings is 1. The fourth-order valence-corrected chi connectivity index (χ4v) is 4.82. The van der Waals surface area contributed by atoms with Crippen molar-refractivity contribution in [1.29, 1.82) is 0 Å². The second-order valence-corrected chi connectivity index (χ2v) is 8.92. The van der Waals surface area contributed by atoms with E-state index in [9.17, 15) is 4.39 Å². The minimum absolute atomic E-state index is 0.0531. The Morgan fingerprint density at radius 2 is 1.89 bits per heavy atom. The van der Waals surface area contributed by atoms with Gasteiger partial charge in [-0.3, -0.25) is 0 Å². The summed E-state index contributed by atoms with van der Waals surface area (Å²) in [6.07, 6.45) is 3.44. The minimum atomic E-state index is -0.281. The third-order valence-electron chi connectivity index (χ3n) is 6.57. The molecule has 4 heterocycles. The van der Waals surface area contributed by atoms with Crippen molar-refractivity contribution in [3.05, 3.63) is 84.1 Å². The number of hydrogen-bond donors (Lipinski definition) is 1. The number of hydrogen-bond acceptors (Lipinski definition) is 6. The molecule has 0 saturated heterocycles. The number of ether oxygens (including phenoxy) is 1. The first-order chi connectivity index (χ1) is 17.6. The van der Waals surface area contributed by atoms with Crippen LogP contribution >= 0.6 is 0 Å². The molecule has 36 heavy (non-hydrogen) atoms. The Hall–Kier alpha value is -4.33. The predicted molar refractivity (Wildman–Crippen MR) is 138 cm³/mol. The summed E-state index contributed by atoms with van der Waals surface area (Å²) in [5, 5.41) is 4.10. The monoisotopic (exact) mass is 480 g/mol. The Balaban J connectivity index is 1.39. The molecule has 7 nitrogen and oxygen atoms in total. The van der Waals surface area contributed by atoms with Crippen molar-refractivity contribution in [2.75, 3.05) is 19.0 Å². The molecule has 0 radical (unpaired) electrons. The van der Waals surface area contributed by atoms with Crippen LogP contribution in [0.25, 0.3) is 33.5 Å². The highest BCUT2D eigenvalue weighted by Gasteiger charge is 2.31. The molecule has 1 atom stereocenters. The van der Waals surface area contributed by atoms with Crippen LogP contribution in [0.3, 0.4) is 0 Å². The lowest BCUT2D eigenvalue weighted by Crippen LogP contribution is -2.16. The Morgan fingerprint density at radius 1 is 1.06 bits per heavy atom. The van der Waals surface area contributed by atoms with Crippen LogP contribution < -0.4 is 10.1 Å². The van der Waals surface area contributed by atoms with Gasteiger partial charge >= 0.3 is 0 Å². The molecule has 0 spiro atoms. The third kappa shape index (κ3) is 3.94. The van der Waals surface area contributed by atoms with Crippen molar-refractivity contribution in [2.24, 2.45) is 0 Å². The molecule has 6 rings (SSSR count). The van der Waals surface area contributed by atoms with Gasteiger partial charge in [0.25, 0.3) is 0 Å². The first-order valence-electron chi connectivity index (χ1n) is 12.0. The molecule has 2 aromatic carbocycles. The van der Waals surface area contributed by atoms with Crippen LogP contribution in [0, 0.1) is 12.7 Å². The molecule has 1 aliphatic rings. The van der Waals surface area contributed by atoms with Crippen LogP contribution in [-0.2, 0) is 6.42 Å². The number of nitrogens with one attached hydrogen (secondary N) is 1. The van der Waals surface area contributed by atoms with Crippen molar-refractivity contribution in [2.45, 2.75) is 25.8 Å². The van der Waals surface area contributed by atoms with Crippen LogP contribution in [0.5, 0.6) is 5.88 Å². The normalized spacial score (nSPS) is 14.7. The molecule has 5 aromatic rings. The topological polar surface area (TPSA) is 77.8 Å². The number of aryl methyl sites for hydroxylation is 2. The number of aromatic nitrogens is 5. The highest BCUT2D eigenvalue weighted by Crippen LogP contribution is 2.39. The smallest absolute Gasteiger partial charge is 0.222 e. The molecule has 0 unspecified atom stereocenters. The number of rotatable bonds is 6. The van der Waals surface area contributed by atoms with Gasteiger partial charge in [-0.05, 0) is 55.8 Å². The van der Waals surface area contributed by atoms with E-state index in [0.717, 1.165) is 57.8 Å². The SMILES string of the molecule is CNc1nccc(-c2c(-c3ccc(F)cc3)nc3n2[C@H](COc2nc4ccccc4cc2C)CC3)n1. The summed E-state index contributed by atoms with van der Waals surface area (Å²) in [4.78, 5) is 18.7. The van der Waals surface area contributed by atoms with Gasteiger partial charge in [0.1, 0.15) is 18.2 Å². The van der Waals surface area contributed by atoms with Gasteiger partial charge in [-0.25, -0.2) is 24.3 Å². The number of halogens is 1. The summed E-state index contributed by atoms with van der Waals surface area (Å²) in [6, 6.07) is 18.5. The summed E-state index contributed by atoms with van der Waals surface area (Å²) in [6.45, 7) is 2.47. The van der Waals surface area contributed by atoms with E-state index >= 15 is 0 Å². The summed E-state index contributed by atoms with van der Waals surface area (Å²) in [7, 11) is 1.79. The van der Waals surface area contributed by atoms with Gasteiger partial charge in [0.05, 0.1) is 28.6 Å². The van der Waals surface area contributed by atoms with Gasteiger partial charge in [-0.1, -0.05) is 18.2 Å². The maximum absolute atomic E-state index is 13.7. The molecule has 1 N–H and O–H groups in total. The summed E-state index contributed by atoms with van der Waals surface area (Å²) in [5.74, 6) is 1.85. The molecule has 0 bridgehead atoms. The quantitative estimate of drug-likeness (QED) is 0.340. The van der Waals surface area contributed by atoms with Gasteiger partial charge in [0.15, 0.2) is 0 Å². The molecule has 8 heteroatoms. The van der Waals surface area contributed by atoms with Crippen LogP contribution in [0.2, 0.25) is 0 Å². The first kappa shape index (κ1) is 22.2. The predicted octanol–water partition coefficient (Wildman–Crippen LogP) is 5.61. The number of fused-ring (bicyclic) bond motifs is 2. The summed E-state index contributed by atoms with van der Waals surface area (Å²) >= 11 is 0. The molecule has 180 valence electrons. The standard InChI is InChI=1S/C28H25FN6O/c1-17-15-19-5-3-4-6-22(19)32-27(17)36-16-21-11-12-24-34-25(18-7-9-20(29)10-8-18)26(35(21)24)23-13-14-31-28(30-2)33-23/h3-10,13-15,21H,11-12,16H2,1-2H3,(H,30,31,33)/t21-/m0/s1. The van der Waals surface area contributed by atoms with Crippen LogP contribution in [0.4, 0.5) is 10.3 Å². The van der Waals surface area contributed by atoms with Gasteiger partial charge < -0.3 is 14.6 Å². The van der Waals surface area contributed by atoms with Gasteiger partial charge in [-0.15, -0.1) is 0 Å². The second-order valence-electron chi connectivity index (χ2n) is 8.92. The van der Waals surface area contributed by atoms with Crippen LogP contribution in [0.15, 0.2) is 66.9 Å². The molecular formula is C28H25FN6O. The highest BCUT2D eigenvalue weighted by atomic mass is 19.1. The van der Waals surface area contributed by atoms with E-state index in [-0.39, 0.29) is 11.9 Å². The van der Waals surface area contributed by atoms with Crippen molar-refractivity contribution in [3.8, 4) is 28.5 Å². The van der Waals surface area contributed by atoms with Crippen molar-refractivity contribution in [1.82, 2.24) is 24.5 Å². The van der Waals surface area contributed by atoms with Gasteiger partial charge in [-0.2, -0.15) is 0 Å². The largest absolute Gasteiger partial charge is 0.475 e. The van der Waals surface area contributed by atoms with Crippen molar-refractivity contribution < 1.29 is 9.13 Å². The Kier molecular flexibility index (Phi) is 5.56. The second kappa shape index (κ2) is 9.03. The van der Waals surface area contributed by atoms with E-state index < -0.39 is 0 Å². The average Bonchev–Trinajstić information content (AvgIpc) is 3.47. The molecule has 3 aromatic heterocycles. The molecule has 0 fully saturated rings. The Labute approximate surface area is 208 Å². The number of benzene rings is 2. The van der Waals surface area contributed by atoms with E-state index in [0.29, 0.717) is 18.4 Å². The van der Waals surface area contributed by atoms with Crippen LogP contribution in [0.1, 0.15) is 23.9 Å². The lowest BCUT2D eigenvalue weighted by atomic mass is 10.1. The average molecular weight is 481 g/mol. The summed E-state index contributed by atoms with van der Waals surface area (Å²) < 4.78 is 22.2. The van der Waals surface area contributed by atoms with Crippen molar-refractivity contribution >= 4 is 16.9 Å². The minimum Gasteiger partial charge on any atom is -0.475 e. The zero-order chi connectivity index (χ0) is 24.6. The van der Waals surface area contributed by atoms with Gasteiger partial charge in [0, 0.05) is 36.2 Å². The van der Waals surface area contributed by atoms with Crippen molar-refractivity contribution in [3.63, 3.8) is 0 Å². The zero-order valence-corrected chi connectivity index (χ0v) is 20.1. The Morgan fingerprint density at radius 3 is 2.72 bits per heavy atom. The first-order valence-corrected chi connectivity index (χ1v) is 12.0. The third-order valence-corrected chi connectivity index (χ3v) is 6.57. The number of anilines is 1. The summed E-state index contributed by atoms with van der Waals surface area (Å²) in [5.41, 5.74) is 5.15. The van der Waals surface area contributed by atoms with Crippen LogP contribution in [-0.4, -0.2) is 38.2 Å². The maximum atomic E-state index is 13.7. The molecule has 0 saturated carbocycles. The fourth-order valence-electron chi connectivity index (χ4n) is 4.82. The molecule has 0 amide bonds. The highest BCUT2D eigenvalue weighted by molar-refractivity contribution is 5.80. The molecule has 0 aliphatic carbocycles. The zero-order valence-electron chi connectivity index (χ0n) is 20.1. The number of nitrogens with zero attached hydrogens (tertiary/aromatic N) is 5. The number of imidazole rings is 1. The van der Waals surface area contributed by atoms with E-state index in [4.69, 9.17) is 19.7 Å². The Bertz CT molecular complexity index is 1560. The van der Waals surface area contributed by atoms with E-state index in [1.165, 1.54) is 12.1 Å².